The molecule has 2 rings (SSSR count). The van der Waals surface area contributed by atoms with Gasteiger partial charge in [0, 0.05) is 5.56 Å². The van der Waals surface area contributed by atoms with E-state index >= 15 is 0 Å². The predicted octanol–water partition coefficient (Wildman–Crippen LogP) is 1.75. The molecule has 0 amide bonds. The first-order valence-corrected chi connectivity index (χ1v) is 3.71. The quantitative estimate of drug-likeness (QED) is 0.696. The van der Waals surface area contributed by atoms with Crippen molar-refractivity contribution < 1.29 is 14.6 Å². The van der Waals surface area contributed by atoms with E-state index < -0.39 is 11.8 Å². The fourth-order valence-electron chi connectivity index (χ4n) is 1.01. The first-order chi connectivity index (χ1) is 6.27. The van der Waals surface area contributed by atoms with Gasteiger partial charge in [0.05, 0.1) is 0 Å². The number of aromatic nitrogens is 1. The highest BCUT2D eigenvalue weighted by molar-refractivity contribution is 5.54. The van der Waals surface area contributed by atoms with Gasteiger partial charge in [-0.15, -0.1) is 0 Å². The molecule has 2 aromatic rings. The summed E-state index contributed by atoms with van der Waals surface area (Å²) < 4.78 is 4.79. The van der Waals surface area contributed by atoms with Crippen molar-refractivity contribution in [3.05, 3.63) is 30.3 Å². The zero-order valence-corrected chi connectivity index (χ0v) is 6.64. The molecule has 66 valence electrons. The van der Waals surface area contributed by atoms with E-state index in [1.54, 1.807) is 12.1 Å². The second kappa shape index (κ2) is 2.82. The summed E-state index contributed by atoms with van der Waals surface area (Å²) in [6.07, 6.45) is 0. The lowest BCUT2D eigenvalue weighted by atomic mass is 10.2. The van der Waals surface area contributed by atoms with Gasteiger partial charge in [-0.3, -0.25) is 0 Å². The van der Waals surface area contributed by atoms with Crippen molar-refractivity contribution in [2.45, 2.75) is 0 Å². The van der Waals surface area contributed by atoms with Gasteiger partial charge >= 0.3 is 5.95 Å². The van der Waals surface area contributed by atoms with Crippen molar-refractivity contribution in [1.29, 1.82) is 0 Å². The molecule has 0 fully saturated rings. The lowest BCUT2D eigenvalue weighted by Gasteiger charge is -1.90. The third-order valence-electron chi connectivity index (χ3n) is 1.61. The highest BCUT2D eigenvalue weighted by Gasteiger charge is 2.11. The molecular weight excluding hydrogens is 170 g/mol. The normalized spacial score (nSPS) is 10.2. The SMILES string of the molecule is Oc1nc(-c2ccccc2)oc1O. The van der Waals surface area contributed by atoms with E-state index in [0.717, 1.165) is 0 Å². The number of rotatable bonds is 1. The fourth-order valence-corrected chi connectivity index (χ4v) is 1.01. The summed E-state index contributed by atoms with van der Waals surface area (Å²) >= 11 is 0. The molecule has 0 aliphatic rings. The second-order valence-electron chi connectivity index (χ2n) is 2.51. The Labute approximate surface area is 74.1 Å². The summed E-state index contributed by atoms with van der Waals surface area (Å²) in [5, 5.41) is 17.9. The molecule has 0 unspecified atom stereocenters. The average Bonchev–Trinajstić information content (AvgIpc) is 2.49. The van der Waals surface area contributed by atoms with Crippen molar-refractivity contribution >= 4 is 0 Å². The smallest absolute Gasteiger partial charge is 0.349 e. The number of aromatic hydroxyl groups is 2. The van der Waals surface area contributed by atoms with Gasteiger partial charge in [-0.05, 0) is 12.1 Å². The van der Waals surface area contributed by atoms with Crippen LogP contribution in [0.2, 0.25) is 0 Å². The van der Waals surface area contributed by atoms with Gasteiger partial charge in [0.25, 0.3) is 5.88 Å². The standard InChI is InChI=1S/C9H7NO3/c11-7-9(12)13-8(10-7)6-4-2-1-3-5-6/h1-5,11-12H. The molecule has 0 saturated carbocycles. The fraction of sp³-hybridized carbons (Fsp3) is 0. The number of nitrogens with zero attached hydrogens (tertiary/aromatic N) is 1. The average molecular weight is 177 g/mol. The third kappa shape index (κ3) is 1.33. The van der Waals surface area contributed by atoms with Crippen molar-refractivity contribution in [2.75, 3.05) is 0 Å². The monoisotopic (exact) mass is 177 g/mol. The lowest BCUT2D eigenvalue weighted by molar-refractivity contribution is 0.309. The zero-order valence-electron chi connectivity index (χ0n) is 6.64. The van der Waals surface area contributed by atoms with E-state index in [4.69, 9.17) is 14.6 Å². The molecule has 0 saturated heterocycles. The lowest BCUT2D eigenvalue weighted by Crippen LogP contribution is -1.74. The first-order valence-electron chi connectivity index (χ1n) is 3.71. The number of oxazole rings is 1. The molecular formula is C9H7NO3. The van der Waals surface area contributed by atoms with Gasteiger partial charge in [0.2, 0.25) is 5.89 Å². The summed E-state index contributed by atoms with van der Waals surface area (Å²) in [5.41, 5.74) is 0.707. The first kappa shape index (κ1) is 7.67. The van der Waals surface area contributed by atoms with Crippen LogP contribution in [0, 0.1) is 0 Å². The van der Waals surface area contributed by atoms with Crippen LogP contribution in [-0.4, -0.2) is 15.2 Å². The van der Waals surface area contributed by atoms with Gasteiger partial charge in [-0.2, -0.15) is 4.98 Å². The molecule has 0 bridgehead atoms. The minimum absolute atomic E-state index is 0.204. The maximum Gasteiger partial charge on any atom is 0.349 e. The molecule has 1 aromatic carbocycles. The highest BCUT2D eigenvalue weighted by Crippen LogP contribution is 2.29. The van der Waals surface area contributed by atoms with E-state index in [0.29, 0.717) is 5.56 Å². The zero-order chi connectivity index (χ0) is 9.26. The Balaban J connectivity index is 2.48. The molecule has 2 N–H and O–H groups in total. The molecule has 0 atom stereocenters. The van der Waals surface area contributed by atoms with Crippen LogP contribution >= 0.6 is 0 Å². The molecule has 4 nitrogen and oxygen atoms in total. The van der Waals surface area contributed by atoms with Crippen molar-refractivity contribution in [2.24, 2.45) is 0 Å². The second-order valence-corrected chi connectivity index (χ2v) is 2.51. The molecule has 13 heavy (non-hydrogen) atoms. The molecule has 0 radical (unpaired) electrons. The van der Waals surface area contributed by atoms with E-state index in [9.17, 15) is 0 Å². The Hall–Kier alpha value is -1.97. The molecule has 4 heteroatoms. The van der Waals surface area contributed by atoms with E-state index in [1.165, 1.54) is 0 Å². The van der Waals surface area contributed by atoms with Gasteiger partial charge in [0.1, 0.15) is 0 Å². The Morgan fingerprint density at radius 2 is 1.77 bits per heavy atom. The van der Waals surface area contributed by atoms with E-state index in [1.807, 2.05) is 18.2 Å². The van der Waals surface area contributed by atoms with Crippen LogP contribution in [0.5, 0.6) is 11.8 Å². The van der Waals surface area contributed by atoms with Gasteiger partial charge < -0.3 is 14.6 Å². The van der Waals surface area contributed by atoms with Crippen molar-refractivity contribution in [3.8, 4) is 23.3 Å². The largest absolute Gasteiger partial charge is 0.488 e. The number of hydrogen-bond acceptors (Lipinski definition) is 4. The minimum atomic E-state index is -0.557. The maximum atomic E-state index is 8.95. The van der Waals surface area contributed by atoms with Gasteiger partial charge in [0.15, 0.2) is 0 Å². The van der Waals surface area contributed by atoms with Crippen LogP contribution in [0.25, 0.3) is 11.5 Å². The van der Waals surface area contributed by atoms with Gasteiger partial charge in [-0.1, -0.05) is 18.2 Å². The molecule has 1 heterocycles. The van der Waals surface area contributed by atoms with Crippen LogP contribution in [-0.2, 0) is 0 Å². The maximum absolute atomic E-state index is 8.95. The van der Waals surface area contributed by atoms with Crippen LogP contribution in [0.4, 0.5) is 0 Å². The molecule has 1 aromatic heterocycles. The van der Waals surface area contributed by atoms with Crippen LogP contribution in [0.15, 0.2) is 34.7 Å². The van der Waals surface area contributed by atoms with Gasteiger partial charge in [-0.25, -0.2) is 0 Å². The Morgan fingerprint density at radius 1 is 1.08 bits per heavy atom. The molecule has 0 aliphatic heterocycles. The summed E-state index contributed by atoms with van der Waals surface area (Å²) in [6, 6.07) is 9.02. The Bertz CT molecular complexity index is 389. The van der Waals surface area contributed by atoms with Crippen LogP contribution in [0.1, 0.15) is 0 Å². The summed E-state index contributed by atoms with van der Waals surface area (Å²) in [4.78, 5) is 3.62. The van der Waals surface area contributed by atoms with E-state index in [-0.39, 0.29) is 5.89 Å². The predicted molar refractivity (Wildman–Crippen MR) is 45.3 cm³/mol. The Morgan fingerprint density at radius 3 is 2.31 bits per heavy atom. The summed E-state index contributed by atoms with van der Waals surface area (Å²) in [5.74, 6) is -0.840. The Kier molecular flexibility index (Phi) is 1.66. The number of benzene rings is 1. The summed E-state index contributed by atoms with van der Waals surface area (Å²) in [7, 11) is 0. The topological polar surface area (TPSA) is 66.5 Å². The van der Waals surface area contributed by atoms with E-state index in [2.05, 4.69) is 4.98 Å². The molecule has 0 aliphatic carbocycles. The van der Waals surface area contributed by atoms with Crippen LogP contribution in [0.3, 0.4) is 0 Å². The minimum Gasteiger partial charge on any atom is -0.488 e. The third-order valence-corrected chi connectivity index (χ3v) is 1.61. The number of hydrogen-bond donors (Lipinski definition) is 2. The van der Waals surface area contributed by atoms with Crippen molar-refractivity contribution in [1.82, 2.24) is 4.98 Å². The summed E-state index contributed by atoms with van der Waals surface area (Å²) in [6.45, 7) is 0. The van der Waals surface area contributed by atoms with Crippen molar-refractivity contribution in [3.63, 3.8) is 0 Å². The van der Waals surface area contributed by atoms with Crippen LogP contribution < -0.4 is 0 Å². The molecule has 0 spiro atoms. The highest BCUT2D eigenvalue weighted by atomic mass is 16.5.